The number of rotatable bonds is 7. The number of hydrogen-bond acceptors (Lipinski definition) is 4. The Kier molecular flexibility index (Phi) is 6.98. The Labute approximate surface area is 150 Å². The summed E-state index contributed by atoms with van der Waals surface area (Å²) < 4.78 is 26.5. The van der Waals surface area contributed by atoms with E-state index in [1.54, 1.807) is 4.90 Å². The van der Waals surface area contributed by atoms with Crippen molar-refractivity contribution in [2.24, 2.45) is 11.7 Å². The molecule has 2 atom stereocenters. The van der Waals surface area contributed by atoms with Crippen molar-refractivity contribution in [1.82, 2.24) is 9.62 Å². The molecule has 0 radical (unpaired) electrons. The van der Waals surface area contributed by atoms with Gasteiger partial charge in [0.2, 0.25) is 15.9 Å². The number of likely N-dealkylation sites (tertiary alicyclic amines) is 1. The van der Waals surface area contributed by atoms with Crippen molar-refractivity contribution in [2.45, 2.75) is 45.2 Å². The maximum atomic E-state index is 12.7. The largest absolute Gasteiger partial charge is 0.342 e. The van der Waals surface area contributed by atoms with E-state index < -0.39 is 10.0 Å². The van der Waals surface area contributed by atoms with E-state index >= 15 is 0 Å². The van der Waals surface area contributed by atoms with Crippen LogP contribution in [0, 0.1) is 5.92 Å². The van der Waals surface area contributed by atoms with E-state index in [-0.39, 0.29) is 29.7 Å². The van der Waals surface area contributed by atoms with Crippen LogP contribution >= 0.6 is 0 Å². The highest BCUT2D eigenvalue weighted by Crippen LogP contribution is 2.23. The molecule has 1 heterocycles. The molecule has 6 nitrogen and oxygen atoms in total. The van der Waals surface area contributed by atoms with Crippen LogP contribution in [-0.2, 0) is 14.8 Å². The Morgan fingerprint density at radius 3 is 2.44 bits per heavy atom. The molecule has 0 aromatic heterocycles. The summed E-state index contributed by atoms with van der Waals surface area (Å²) >= 11 is 0. The average Bonchev–Trinajstić information content (AvgIpc) is 2.61. The van der Waals surface area contributed by atoms with E-state index in [9.17, 15) is 13.2 Å². The van der Waals surface area contributed by atoms with Crippen LogP contribution in [0.4, 0.5) is 0 Å². The molecule has 3 N–H and O–H groups in total. The van der Waals surface area contributed by atoms with Gasteiger partial charge < -0.3 is 10.6 Å². The third-order valence-electron chi connectivity index (χ3n) is 4.74. The minimum Gasteiger partial charge on any atom is -0.342 e. The second kappa shape index (κ2) is 8.78. The smallest absolute Gasteiger partial charge is 0.227 e. The number of benzene rings is 1. The lowest BCUT2D eigenvalue weighted by Crippen LogP contribution is -2.49. The highest BCUT2D eigenvalue weighted by molar-refractivity contribution is 7.89. The molecule has 7 heteroatoms. The Morgan fingerprint density at radius 2 is 1.88 bits per heavy atom. The summed E-state index contributed by atoms with van der Waals surface area (Å²) in [7, 11) is -3.21. The minimum atomic E-state index is -3.21. The van der Waals surface area contributed by atoms with Crippen molar-refractivity contribution in [3.8, 4) is 0 Å². The zero-order valence-electron chi connectivity index (χ0n) is 15.0. The van der Waals surface area contributed by atoms with Gasteiger partial charge in [-0.3, -0.25) is 4.79 Å². The van der Waals surface area contributed by atoms with E-state index in [0.29, 0.717) is 32.4 Å². The van der Waals surface area contributed by atoms with Crippen LogP contribution in [-0.4, -0.2) is 44.1 Å². The Balaban J connectivity index is 1.88. The number of hydrogen-bond donors (Lipinski definition) is 2. The molecule has 1 aromatic rings. The second-order valence-electron chi connectivity index (χ2n) is 6.76. The molecule has 1 aliphatic heterocycles. The van der Waals surface area contributed by atoms with Gasteiger partial charge in [0.25, 0.3) is 0 Å². The molecule has 0 aliphatic carbocycles. The Hall–Kier alpha value is -1.44. The van der Waals surface area contributed by atoms with E-state index in [4.69, 9.17) is 5.73 Å². The molecular weight excluding hydrogens is 338 g/mol. The molecule has 2 rings (SSSR count). The molecule has 1 saturated heterocycles. The van der Waals surface area contributed by atoms with Crippen LogP contribution in [0.15, 0.2) is 30.3 Å². The van der Waals surface area contributed by atoms with Crippen molar-refractivity contribution in [3.05, 3.63) is 35.9 Å². The van der Waals surface area contributed by atoms with Gasteiger partial charge in [0.15, 0.2) is 0 Å². The topological polar surface area (TPSA) is 92.5 Å². The summed E-state index contributed by atoms with van der Waals surface area (Å²) in [6, 6.07) is 9.20. The lowest BCUT2D eigenvalue weighted by molar-refractivity contribution is -0.136. The van der Waals surface area contributed by atoms with Gasteiger partial charge in [-0.25, -0.2) is 13.1 Å². The summed E-state index contributed by atoms with van der Waals surface area (Å²) in [5.41, 5.74) is 7.20. The molecule has 2 unspecified atom stereocenters. The standard InChI is InChI=1S/C18H29N3O3S/c1-3-13-25(23,24)20-16-9-11-21(12-10-16)18(22)14(2)17(19)15-7-5-4-6-8-15/h4-8,14,16-17,20H,3,9-13,19H2,1-2H3. The SMILES string of the molecule is CCCS(=O)(=O)NC1CCN(C(=O)C(C)C(N)c2ccccc2)CC1. The fourth-order valence-electron chi connectivity index (χ4n) is 3.20. The summed E-state index contributed by atoms with van der Waals surface area (Å²) in [5.74, 6) is -0.128. The van der Waals surface area contributed by atoms with Gasteiger partial charge in [0.05, 0.1) is 11.7 Å². The number of piperidine rings is 1. The molecule has 0 bridgehead atoms. The number of carbonyl (C=O) groups excluding carboxylic acids is 1. The van der Waals surface area contributed by atoms with E-state index in [2.05, 4.69) is 4.72 Å². The molecule has 0 spiro atoms. The fourth-order valence-corrected chi connectivity index (χ4v) is 4.60. The van der Waals surface area contributed by atoms with E-state index in [1.165, 1.54) is 0 Å². The van der Waals surface area contributed by atoms with Crippen LogP contribution in [0.1, 0.15) is 44.7 Å². The van der Waals surface area contributed by atoms with Gasteiger partial charge in [-0.05, 0) is 24.8 Å². The van der Waals surface area contributed by atoms with Gasteiger partial charge in [-0.1, -0.05) is 44.2 Å². The van der Waals surface area contributed by atoms with Gasteiger partial charge in [-0.2, -0.15) is 0 Å². The van der Waals surface area contributed by atoms with E-state index in [0.717, 1.165) is 5.56 Å². The Bertz CT molecular complexity index is 655. The summed E-state index contributed by atoms with van der Waals surface area (Å²) in [4.78, 5) is 14.5. The molecule has 1 amide bonds. The van der Waals surface area contributed by atoms with E-state index in [1.807, 2.05) is 44.2 Å². The molecule has 1 aromatic carbocycles. The van der Waals surface area contributed by atoms with Crippen molar-refractivity contribution in [1.29, 1.82) is 0 Å². The second-order valence-corrected chi connectivity index (χ2v) is 8.63. The monoisotopic (exact) mass is 367 g/mol. The van der Waals surface area contributed by atoms with Crippen molar-refractivity contribution in [2.75, 3.05) is 18.8 Å². The van der Waals surface area contributed by atoms with Crippen LogP contribution in [0.3, 0.4) is 0 Å². The van der Waals surface area contributed by atoms with Crippen molar-refractivity contribution < 1.29 is 13.2 Å². The number of nitrogens with two attached hydrogens (primary N) is 1. The van der Waals surface area contributed by atoms with Crippen LogP contribution in [0.5, 0.6) is 0 Å². The lowest BCUT2D eigenvalue weighted by atomic mass is 9.93. The molecule has 1 fully saturated rings. The minimum absolute atomic E-state index is 0.0335. The van der Waals surface area contributed by atoms with Gasteiger partial charge in [-0.15, -0.1) is 0 Å². The first-order valence-corrected chi connectivity index (χ1v) is 10.6. The molecule has 1 aliphatic rings. The quantitative estimate of drug-likeness (QED) is 0.766. The first-order valence-electron chi connectivity index (χ1n) is 8.93. The number of carbonyl (C=O) groups is 1. The number of nitrogens with one attached hydrogen (secondary N) is 1. The zero-order chi connectivity index (χ0) is 18.4. The maximum absolute atomic E-state index is 12.7. The molecule has 0 saturated carbocycles. The first kappa shape index (κ1) is 19.9. The summed E-state index contributed by atoms with van der Waals surface area (Å²) in [6.45, 7) is 4.82. The maximum Gasteiger partial charge on any atom is 0.227 e. The zero-order valence-corrected chi connectivity index (χ0v) is 15.8. The highest BCUT2D eigenvalue weighted by atomic mass is 32.2. The molecular formula is C18H29N3O3S. The summed E-state index contributed by atoms with van der Waals surface area (Å²) in [6.07, 6.45) is 1.88. The molecule has 25 heavy (non-hydrogen) atoms. The summed E-state index contributed by atoms with van der Waals surface area (Å²) in [5, 5.41) is 0. The predicted molar refractivity (Wildman–Crippen MR) is 99.3 cm³/mol. The lowest BCUT2D eigenvalue weighted by Gasteiger charge is -2.35. The van der Waals surface area contributed by atoms with Crippen LogP contribution < -0.4 is 10.5 Å². The average molecular weight is 368 g/mol. The third kappa shape index (κ3) is 5.52. The van der Waals surface area contributed by atoms with Gasteiger partial charge >= 0.3 is 0 Å². The first-order chi connectivity index (χ1) is 11.8. The molecule has 140 valence electrons. The van der Waals surface area contributed by atoms with Crippen LogP contribution in [0.25, 0.3) is 0 Å². The normalized spacial score (nSPS) is 18.8. The van der Waals surface area contributed by atoms with Crippen molar-refractivity contribution >= 4 is 15.9 Å². The predicted octanol–water partition coefficient (Wildman–Crippen LogP) is 1.64. The highest BCUT2D eigenvalue weighted by Gasteiger charge is 2.30. The third-order valence-corrected chi connectivity index (χ3v) is 6.38. The fraction of sp³-hybridized carbons (Fsp3) is 0.611. The number of amides is 1. The Morgan fingerprint density at radius 1 is 1.28 bits per heavy atom. The number of sulfonamides is 1. The van der Waals surface area contributed by atoms with Gasteiger partial charge in [0.1, 0.15) is 0 Å². The van der Waals surface area contributed by atoms with Crippen molar-refractivity contribution in [3.63, 3.8) is 0 Å². The number of nitrogens with zero attached hydrogens (tertiary/aromatic N) is 1. The van der Waals surface area contributed by atoms with Crippen LogP contribution in [0.2, 0.25) is 0 Å². The van der Waals surface area contributed by atoms with Gasteiger partial charge in [0, 0.05) is 25.2 Å².